The van der Waals surface area contributed by atoms with Gasteiger partial charge in [-0.05, 0) is 30.7 Å². The van der Waals surface area contributed by atoms with E-state index in [-0.39, 0.29) is 36.4 Å². The van der Waals surface area contributed by atoms with Gasteiger partial charge in [0.2, 0.25) is 5.82 Å². The van der Waals surface area contributed by atoms with Crippen LogP contribution < -0.4 is 10.6 Å². The molecular weight excluding hydrogens is 378 g/mol. The van der Waals surface area contributed by atoms with Gasteiger partial charge in [0.15, 0.2) is 0 Å². The van der Waals surface area contributed by atoms with Crippen molar-refractivity contribution in [1.82, 2.24) is 20.8 Å². The molecule has 0 aliphatic heterocycles. The van der Waals surface area contributed by atoms with Gasteiger partial charge in [0.05, 0.1) is 4.92 Å². The van der Waals surface area contributed by atoms with Crippen molar-refractivity contribution in [2.75, 3.05) is 13.1 Å². The van der Waals surface area contributed by atoms with Crippen LogP contribution in [-0.2, 0) is 0 Å². The van der Waals surface area contributed by atoms with Gasteiger partial charge in [0, 0.05) is 36.3 Å². The molecule has 2 N–H and O–H groups in total. The number of benzene rings is 2. The maximum Gasteiger partial charge on any atom is 0.316 e. The van der Waals surface area contributed by atoms with Crippen LogP contribution in [0.4, 0.5) is 5.69 Å². The molecule has 0 saturated heterocycles. The summed E-state index contributed by atoms with van der Waals surface area (Å²) < 4.78 is 4.93. The van der Waals surface area contributed by atoms with Crippen molar-refractivity contribution >= 4 is 17.5 Å². The lowest BCUT2D eigenvalue weighted by Gasteiger charge is -2.07. The Hall–Kier alpha value is -4.08. The number of hydrogen-bond donors (Lipinski definition) is 2. The van der Waals surface area contributed by atoms with E-state index in [2.05, 4.69) is 20.8 Å². The average Bonchev–Trinajstić information content (AvgIpc) is 3.21. The number of amides is 2. The van der Waals surface area contributed by atoms with E-state index in [1.54, 1.807) is 12.1 Å². The summed E-state index contributed by atoms with van der Waals surface area (Å²) in [6.07, 6.45) is 0. The number of carbonyl (C=O) groups is 2. The molecule has 0 aliphatic carbocycles. The Balaban J connectivity index is 1.51. The van der Waals surface area contributed by atoms with Crippen LogP contribution in [0.5, 0.6) is 0 Å². The Kier molecular flexibility index (Phi) is 5.93. The monoisotopic (exact) mass is 395 g/mol. The molecule has 10 heteroatoms. The SMILES string of the molecule is Cc1ccccc1C(=O)NCCNC(=O)c1nc(-c2ccc([N+](=O)[O-])cc2)no1. The zero-order valence-electron chi connectivity index (χ0n) is 15.4. The first-order valence-electron chi connectivity index (χ1n) is 8.66. The number of carbonyl (C=O) groups excluding carboxylic acids is 2. The first kappa shape index (κ1) is 19.7. The minimum absolute atomic E-state index is 0.0667. The van der Waals surface area contributed by atoms with E-state index in [1.807, 2.05) is 19.1 Å². The Morgan fingerprint density at radius 1 is 1.03 bits per heavy atom. The largest absolute Gasteiger partial charge is 0.350 e. The van der Waals surface area contributed by atoms with Crippen LogP contribution in [0.2, 0.25) is 0 Å². The van der Waals surface area contributed by atoms with Crippen molar-refractivity contribution < 1.29 is 19.0 Å². The molecule has 3 rings (SSSR count). The fraction of sp³-hybridized carbons (Fsp3) is 0.158. The lowest BCUT2D eigenvalue weighted by atomic mass is 10.1. The Bertz CT molecular complexity index is 1050. The lowest BCUT2D eigenvalue weighted by Crippen LogP contribution is -2.35. The number of nitrogens with one attached hydrogen (secondary N) is 2. The van der Waals surface area contributed by atoms with E-state index >= 15 is 0 Å². The van der Waals surface area contributed by atoms with Crippen molar-refractivity contribution in [2.24, 2.45) is 0 Å². The van der Waals surface area contributed by atoms with Crippen molar-refractivity contribution in [3.63, 3.8) is 0 Å². The molecule has 2 aromatic carbocycles. The van der Waals surface area contributed by atoms with Crippen molar-refractivity contribution in [3.8, 4) is 11.4 Å². The third-order valence-corrected chi connectivity index (χ3v) is 4.04. The number of nitrogens with zero attached hydrogens (tertiary/aromatic N) is 3. The fourth-order valence-electron chi connectivity index (χ4n) is 2.52. The van der Waals surface area contributed by atoms with Crippen LogP contribution in [0.25, 0.3) is 11.4 Å². The Morgan fingerprint density at radius 2 is 1.69 bits per heavy atom. The van der Waals surface area contributed by atoms with Gasteiger partial charge in [0.1, 0.15) is 0 Å². The van der Waals surface area contributed by atoms with E-state index in [0.29, 0.717) is 11.1 Å². The van der Waals surface area contributed by atoms with Gasteiger partial charge in [-0.15, -0.1) is 0 Å². The van der Waals surface area contributed by atoms with Crippen LogP contribution in [0.15, 0.2) is 53.1 Å². The smallest absolute Gasteiger partial charge is 0.316 e. The summed E-state index contributed by atoms with van der Waals surface area (Å²) in [5.41, 5.74) is 1.84. The van der Waals surface area contributed by atoms with Crippen LogP contribution in [-0.4, -0.2) is 40.0 Å². The zero-order chi connectivity index (χ0) is 20.8. The molecule has 1 aromatic heterocycles. The second kappa shape index (κ2) is 8.74. The zero-order valence-corrected chi connectivity index (χ0v) is 15.4. The summed E-state index contributed by atoms with van der Waals surface area (Å²) in [5.74, 6) is -0.923. The highest BCUT2D eigenvalue weighted by Gasteiger charge is 2.16. The third kappa shape index (κ3) is 4.80. The lowest BCUT2D eigenvalue weighted by molar-refractivity contribution is -0.384. The van der Waals surface area contributed by atoms with Gasteiger partial charge >= 0.3 is 11.8 Å². The minimum Gasteiger partial charge on any atom is -0.350 e. The van der Waals surface area contributed by atoms with E-state index in [9.17, 15) is 19.7 Å². The maximum atomic E-state index is 12.1. The first-order chi connectivity index (χ1) is 14.0. The maximum absolute atomic E-state index is 12.1. The molecule has 1 heterocycles. The molecule has 148 valence electrons. The van der Waals surface area contributed by atoms with Crippen molar-refractivity contribution in [2.45, 2.75) is 6.92 Å². The normalized spacial score (nSPS) is 10.4. The van der Waals surface area contributed by atoms with Gasteiger partial charge in [-0.1, -0.05) is 23.4 Å². The van der Waals surface area contributed by atoms with Crippen LogP contribution >= 0.6 is 0 Å². The standard InChI is InChI=1S/C19H17N5O5/c1-12-4-2-3-5-15(12)17(25)20-10-11-21-18(26)19-22-16(23-29-19)13-6-8-14(9-7-13)24(27)28/h2-9H,10-11H2,1H3,(H,20,25)(H,21,26). The number of aryl methyl sites for hydroxylation is 1. The van der Waals surface area contributed by atoms with Gasteiger partial charge < -0.3 is 15.2 Å². The van der Waals surface area contributed by atoms with Crippen LogP contribution in [0.1, 0.15) is 26.6 Å². The van der Waals surface area contributed by atoms with Crippen molar-refractivity contribution in [3.05, 3.63) is 75.7 Å². The number of non-ortho nitro benzene ring substituents is 1. The van der Waals surface area contributed by atoms with Gasteiger partial charge in [-0.2, -0.15) is 4.98 Å². The number of hydrogen-bond acceptors (Lipinski definition) is 7. The summed E-state index contributed by atoms with van der Waals surface area (Å²) in [5, 5.41) is 19.7. The molecule has 0 fully saturated rings. The average molecular weight is 395 g/mol. The van der Waals surface area contributed by atoms with E-state index < -0.39 is 10.8 Å². The Labute approximate surface area is 165 Å². The second-order valence-corrected chi connectivity index (χ2v) is 6.05. The molecule has 3 aromatic rings. The first-order valence-corrected chi connectivity index (χ1v) is 8.66. The molecule has 0 aliphatic rings. The van der Waals surface area contributed by atoms with Gasteiger partial charge in [-0.25, -0.2) is 0 Å². The van der Waals surface area contributed by atoms with E-state index in [0.717, 1.165) is 5.56 Å². The highest BCUT2D eigenvalue weighted by Crippen LogP contribution is 2.19. The molecule has 10 nitrogen and oxygen atoms in total. The van der Waals surface area contributed by atoms with Gasteiger partial charge in [0.25, 0.3) is 11.6 Å². The molecule has 29 heavy (non-hydrogen) atoms. The molecule has 0 bridgehead atoms. The quantitative estimate of drug-likeness (QED) is 0.355. The molecule has 0 spiro atoms. The minimum atomic E-state index is -0.587. The molecule has 0 unspecified atom stereocenters. The highest BCUT2D eigenvalue weighted by molar-refractivity contribution is 5.95. The summed E-state index contributed by atoms with van der Waals surface area (Å²) in [4.78, 5) is 38.3. The second-order valence-electron chi connectivity index (χ2n) is 6.05. The van der Waals surface area contributed by atoms with E-state index in [4.69, 9.17) is 4.52 Å². The van der Waals surface area contributed by atoms with Crippen LogP contribution in [0, 0.1) is 17.0 Å². The predicted molar refractivity (Wildman–Crippen MR) is 102 cm³/mol. The molecular formula is C19H17N5O5. The summed E-state index contributed by atoms with van der Waals surface area (Å²) >= 11 is 0. The number of rotatable bonds is 7. The molecule has 0 atom stereocenters. The fourth-order valence-corrected chi connectivity index (χ4v) is 2.52. The van der Waals surface area contributed by atoms with E-state index in [1.165, 1.54) is 24.3 Å². The summed E-state index contributed by atoms with van der Waals surface area (Å²) in [7, 11) is 0. The number of nitro benzene ring substituents is 1. The molecule has 0 saturated carbocycles. The third-order valence-electron chi connectivity index (χ3n) is 4.04. The number of nitro groups is 1. The van der Waals surface area contributed by atoms with Crippen molar-refractivity contribution in [1.29, 1.82) is 0 Å². The summed E-state index contributed by atoms with van der Waals surface area (Å²) in [6.45, 7) is 2.24. The topological polar surface area (TPSA) is 140 Å². The molecule has 2 amide bonds. The number of aromatic nitrogens is 2. The predicted octanol–water partition coefficient (Wildman–Crippen LogP) is 2.11. The highest BCUT2D eigenvalue weighted by atomic mass is 16.6. The Morgan fingerprint density at radius 3 is 2.34 bits per heavy atom. The van der Waals surface area contributed by atoms with Crippen LogP contribution in [0.3, 0.4) is 0 Å². The van der Waals surface area contributed by atoms with Gasteiger partial charge in [-0.3, -0.25) is 19.7 Å². The summed E-state index contributed by atoms with van der Waals surface area (Å²) in [6, 6.07) is 12.7. The molecule has 0 radical (unpaired) electrons.